The molecule has 1 unspecified atom stereocenters. The van der Waals surface area contributed by atoms with Gasteiger partial charge in [0, 0.05) is 19.8 Å². The number of aryl methyl sites for hydroxylation is 1. The summed E-state index contributed by atoms with van der Waals surface area (Å²) in [7, 11) is 0. The number of benzene rings is 2. The maximum absolute atomic E-state index is 13.2. The zero-order chi connectivity index (χ0) is 19.3. The summed E-state index contributed by atoms with van der Waals surface area (Å²) in [6.45, 7) is 3.11. The van der Waals surface area contributed by atoms with Crippen LogP contribution in [-0.2, 0) is 19.7 Å². The first-order valence-electron chi connectivity index (χ1n) is 9.24. The molecule has 0 spiro atoms. The monoisotopic (exact) mass is 367 g/mol. The standard InChI is InChI=1S/C22H25NO4/c1-16-7-9-18(10-8-16)22(11-13-27-14-12-22)21(26)23-15-19(20(24)25)17-5-3-2-4-6-17/h2-10,19H,11-15H2,1H3,(H,23,26)(H,24,25). The molecule has 5 nitrogen and oxygen atoms in total. The molecule has 2 N–H and O–H groups in total. The van der Waals surface area contributed by atoms with E-state index in [0.717, 1.165) is 11.1 Å². The molecule has 5 heteroatoms. The minimum atomic E-state index is -0.946. The van der Waals surface area contributed by atoms with Gasteiger partial charge < -0.3 is 15.2 Å². The van der Waals surface area contributed by atoms with Crippen LogP contribution in [0.3, 0.4) is 0 Å². The van der Waals surface area contributed by atoms with Gasteiger partial charge in [-0.15, -0.1) is 0 Å². The van der Waals surface area contributed by atoms with E-state index in [1.165, 1.54) is 0 Å². The molecule has 142 valence electrons. The maximum Gasteiger partial charge on any atom is 0.312 e. The van der Waals surface area contributed by atoms with Crippen LogP contribution >= 0.6 is 0 Å². The van der Waals surface area contributed by atoms with Crippen molar-refractivity contribution in [1.29, 1.82) is 0 Å². The highest BCUT2D eigenvalue weighted by Gasteiger charge is 2.42. The first-order valence-corrected chi connectivity index (χ1v) is 9.24. The van der Waals surface area contributed by atoms with Crippen LogP contribution in [0.1, 0.15) is 35.4 Å². The smallest absolute Gasteiger partial charge is 0.312 e. The summed E-state index contributed by atoms with van der Waals surface area (Å²) in [5.41, 5.74) is 2.10. The highest BCUT2D eigenvalue weighted by molar-refractivity contribution is 5.89. The molecular formula is C22H25NO4. The molecule has 2 aromatic rings. The molecule has 1 amide bonds. The molecule has 0 aliphatic carbocycles. The Morgan fingerprint density at radius 1 is 1.07 bits per heavy atom. The average Bonchev–Trinajstić information content (AvgIpc) is 2.69. The minimum absolute atomic E-state index is 0.0622. The molecule has 1 fully saturated rings. The van der Waals surface area contributed by atoms with E-state index >= 15 is 0 Å². The molecule has 1 saturated heterocycles. The summed E-state index contributed by atoms with van der Waals surface area (Å²) in [6.07, 6.45) is 1.18. The first kappa shape index (κ1) is 19.1. The van der Waals surface area contributed by atoms with Crippen LogP contribution in [0, 0.1) is 6.92 Å². The van der Waals surface area contributed by atoms with Crippen LogP contribution in [0.25, 0.3) is 0 Å². The maximum atomic E-state index is 13.2. The van der Waals surface area contributed by atoms with Gasteiger partial charge in [0.2, 0.25) is 5.91 Å². The minimum Gasteiger partial charge on any atom is -0.481 e. The summed E-state index contributed by atoms with van der Waals surface area (Å²) in [4.78, 5) is 24.9. The van der Waals surface area contributed by atoms with E-state index in [4.69, 9.17) is 4.74 Å². The Labute approximate surface area is 159 Å². The number of aliphatic carboxylic acids is 1. The highest BCUT2D eigenvalue weighted by Crippen LogP contribution is 2.35. The molecule has 1 aliphatic rings. The number of ether oxygens (including phenoxy) is 1. The predicted octanol–water partition coefficient (Wildman–Crippen LogP) is 3.03. The lowest BCUT2D eigenvalue weighted by Crippen LogP contribution is -2.49. The Kier molecular flexibility index (Phi) is 5.91. The van der Waals surface area contributed by atoms with E-state index in [1.807, 2.05) is 37.3 Å². The lowest BCUT2D eigenvalue weighted by Gasteiger charge is -2.36. The zero-order valence-corrected chi connectivity index (χ0v) is 15.5. The molecule has 1 heterocycles. The first-order chi connectivity index (χ1) is 13.0. The van der Waals surface area contributed by atoms with E-state index in [9.17, 15) is 14.7 Å². The molecule has 3 rings (SSSR count). The average molecular weight is 367 g/mol. The molecule has 1 aliphatic heterocycles. The molecule has 0 bridgehead atoms. The van der Waals surface area contributed by atoms with E-state index in [1.54, 1.807) is 24.3 Å². The van der Waals surface area contributed by atoms with Crippen molar-refractivity contribution in [3.63, 3.8) is 0 Å². The van der Waals surface area contributed by atoms with Crippen LogP contribution < -0.4 is 5.32 Å². The zero-order valence-electron chi connectivity index (χ0n) is 15.5. The normalized spacial score (nSPS) is 17.1. The second kappa shape index (κ2) is 8.35. The van der Waals surface area contributed by atoms with Crippen LogP contribution in [0.5, 0.6) is 0 Å². The largest absolute Gasteiger partial charge is 0.481 e. The summed E-state index contributed by atoms with van der Waals surface area (Å²) in [6, 6.07) is 17.0. The molecule has 0 saturated carbocycles. The predicted molar refractivity (Wildman–Crippen MR) is 103 cm³/mol. The second-order valence-corrected chi connectivity index (χ2v) is 7.07. The van der Waals surface area contributed by atoms with Crippen molar-refractivity contribution in [2.45, 2.75) is 31.1 Å². The summed E-state index contributed by atoms with van der Waals surface area (Å²) < 4.78 is 5.48. The van der Waals surface area contributed by atoms with Crippen LogP contribution in [0.2, 0.25) is 0 Å². The van der Waals surface area contributed by atoms with E-state index < -0.39 is 17.3 Å². The van der Waals surface area contributed by atoms with Crippen molar-refractivity contribution >= 4 is 11.9 Å². The second-order valence-electron chi connectivity index (χ2n) is 7.07. The van der Waals surface area contributed by atoms with Gasteiger partial charge in [-0.25, -0.2) is 0 Å². The van der Waals surface area contributed by atoms with Gasteiger partial charge in [-0.05, 0) is 30.9 Å². The number of hydrogen-bond donors (Lipinski definition) is 2. The number of carboxylic acid groups (broad SMARTS) is 1. The lowest BCUT2D eigenvalue weighted by molar-refractivity contribution is -0.139. The lowest BCUT2D eigenvalue weighted by atomic mass is 9.73. The van der Waals surface area contributed by atoms with Gasteiger partial charge in [-0.1, -0.05) is 60.2 Å². The third-order valence-corrected chi connectivity index (χ3v) is 5.35. The van der Waals surface area contributed by atoms with E-state index in [-0.39, 0.29) is 12.5 Å². The van der Waals surface area contributed by atoms with E-state index in [0.29, 0.717) is 31.6 Å². The quantitative estimate of drug-likeness (QED) is 0.823. The van der Waals surface area contributed by atoms with Gasteiger partial charge in [-0.3, -0.25) is 9.59 Å². The van der Waals surface area contributed by atoms with Gasteiger partial charge in [0.15, 0.2) is 0 Å². The third kappa shape index (κ3) is 4.19. The number of carbonyl (C=O) groups excluding carboxylic acids is 1. The fourth-order valence-corrected chi connectivity index (χ4v) is 3.64. The van der Waals surface area contributed by atoms with Gasteiger partial charge in [-0.2, -0.15) is 0 Å². The van der Waals surface area contributed by atoms with Crippen molar-refractivity contribution in [3.05, 3.63) is 71.3 Å². The van der Waals surface area contributed by atoms with Crippen LogP contribution in [0.15, 0.2) is 54.6 Å². The van der Waals surface area contributed by atoms with Gasteiger partial charge in [0.05, 0.1) is 11.3 Å². The molecule has 0 aromatic heterocycles. The Balaban J connectivity index is 1.80. The summed E-state index contributed by atoms with van der Waals surface area (Å²) >= 11 is 0. The SMILES string of the molecule is Cc1ccc(C2(C(=O)NCC(C(=O)O)c3ccccc3)CCOCC2)cc1. The number of rotatable bonds is 6. The molecular weight excluding hydrogens is 342 g/mol. The van der Waals surface area contributed by atoms with Crippen molar-refractivity contribution in [3.8, 4) is 0 Å². The Morgan fingerprint density at radius 2 is 1.70 bits per heavy atom. The van der Waals surface area contributed by atoms with Crippen molar-refractivity contribution in [2.24, 2.45) is 0 Å². The summed E-state index contributed by atoms with van der Waals surface area (Å²) in [5, 5.41) is 12.5. The fourth-order valence-electron chi connectivity index (χ4n) is 3.64. The number of hydrogen-bond acceptors (Lipinski definition) is 3. The molecule has 27 heavy (non-hydrogen) atoms. The topological polar surface area (TPSA) is 75.6 Å². The van der Waals surface area contributed by atoms with Crippen molar-refractivity contribution < 1.29 is 19.4 Å². The van der Waals surface area contributed by atoms with Crippen LogP contribution in [-0.4, -0.2) is 36.7 Å². The number of amides is 1. The fraction of sp³-hybridized carbons (Fsp3) is 0.364. The molecule has 1 atom stereocenters. The Bertz CT molecular complexity index is 780. The Hall–Kier alpha value is -2.66. The number of carboxylic acids is 1. The van der Waals surface area contributed by atoms with Gasteiger partial charge >= 0.3 is 5.97 Å². The Morgan fingerprint density at radius 3 is 2.30 bits per heavy atom. The molecule has 0 radical (unpaired) electrons. The van der Waals surface area contributed by atoms with Gasteiger partial charge in [0.1, 0.15) is 0 Å². The van der Waals surface area contributed by atoms with E-state index in [2.05, 4.69) is 5.32 Å². The highest BCUT2D eigenvalue weighted by atomic mass is 16.5. The van der Waals surface area contributed by atoms with Gasteiger partial charge in [0.25, 0.3) is 0 Å². The van der Waals surface area contributed by atoms with Crippen LogP contribution in [0.4, 0.5) is 0 Å². The molecule has 2 aromatic carbocycles. The number of carbonyl (C=O) groups is 2. The van der Waals surface area contributed by atoms with Crippen molar-refractivity contribution in [2.75, 3.05) is 19.8 Å². The summed E-state index contributed by atoms with van der Waals surface area (Å²) in [5.74, 6) is -1.85. The van der Waals surface area contributed by atoms with Crippen molar-refractivity contribution in [1.82, 2.24) is 5.32 Å². The third-order valence-electron chi connectivity index (χ3n) is 5.35. The number of nitrogens with one attached hydrogen (secondary N) is 1.